The maximum atomic E-state index is 12.2. The van der Waals surface area contributed by atoms with Gasteiger partial charge in [-0.2, -0.15) is 5.26 Å². The lowest BCUT2D eigenvalue weighted by Crippen LogP contribution is -2.26. The first-order chi connectivity index (χ1) is 12.0. The van der Waals surface area contributed by atoms with Crippen molar-refractivity contribution in [3.8, 4) is 6.07 Å². The van der Waals surface area contributed by atoms with Gasteiger partial charge in [0.25, 0.3) is 0 Å². The van der Waals surface area contributed by atoms with Crippen molar-refractivity contribution in [3.63, 3.8) is 0 Å². The average Bonchev–Trinajstić information content (AvgIpc) is 3.02. The number of halogens is 1. The van der Waals surface area contributed by atoms with Gasteiger partial charge in [0, 0.05) is 0 Å². The quantitative estimate of drug-likeness (QED) is 0.517. The molecule has 1 atom stereocenters. The Bertz CT molecular complexity index is 1050. The van der Waals surface area contributed by atoms with Gasteiger partial charge in [-0.05, 0) is 24.0 Å². The number of aryl methyl sites for hydroxylation is 1. The molecule has 0 bridgehead atoms. The highest BCUT2D eigenvalue weighted by Crippen LogP contribution is 2.34. The summed E-state index contributed by atoms with van der Waals surface area (Å²) < 4.78 is 6.38. The normalized spacial score (nSPS) is 12.0. The van der Waals surface area contributed by atoms with Crippen molar-refractivity contribution in [3.05, 3.63) is 61.2 Å². The van der Waals surface area contributed by atoms with Crippen molar-refractivity contribution in [1.82, 2.24) is 14.8 Å². The zero-order valence-electron chi connectivity index (χ0n) is 12.8. The van der Waals surface area contributed by atoms with E-state index in [1.54, 1.807) is 31.2 Å². The van der Waals surface area contributed by atoms with E-state index < -0.39 is 27.2 Å². The van der Waals surface area contributed by atoms with Crippen molar-refractivity contribution >= 4 is 28.5 Å². The van der Waals surface area contributed by atoms with E-state index in [1.165, 1.54) is 0 Å². The maximum Gasteiger partial charge on any atom is 0.395 e. The van der Waals surface area contributed by atoms with Crippen LogP contribution in [0.1, 0.15) is 24.3 Å². The minimum Gasteiger partial charge on any atom is -0.439 e. The molecular weight excluding hydrogens is 350 g/mol. The number of nitriles is 1. The Balaban J connectivity index is 2.28. The summed E-state index contributed by atoms with van der Waals surface area (Å²) in [7, 11) is 0. The SMILES string of the molecule is CCn1nc([N+](=O)[O-])c(C(C#N)c2nc3ccccc3o2)c(Cl)c1=O. The van der Waals surface area contributed by atoms with Crippen LogP contribution in [0.15, 0.2) is 33.5 Å². The third kappa shape index (κ3) is 2.72. The number of hydrogen-bond donors (Lipinski definition) is 0. The van der Waals surface area contributed by atoms with E-state index in [9.17, 15) is 20.2 Å². The summed E-state index contributed by atoms with van der Waals surface area (Å²) in [6, 6.07) is 8.62. The summed E-state index contributed by atoms with van der Waals surface area (Å²) in [5, 5.41) is 24.2. The van der Waals surface area contributed by atoms with Crippen molar-refractivity contribution in [2.75, 3.05) is 0 Å². The minimum absolute atomic E-state index is 0.0934. The molecule has 3 rings (SSSR count). The number of nitro groups is 1. The van der Waals surface area contributed by atoms with Gasteiger partial charge in [-0.3, -0.25) is 4.79 Å². The fourth-order valence-corrected chi connectivity index (χ4v) is 2.69. The molecule has 10 heteroatoms. The fraction of sp³-hybridized carbons (Fsp3) is 0.200. The van der Waals surface area contributed by atoms with Crippen LogP contribution in [0.25, 0.3) is 11.1 Å². The molecule has 126 valence electrons. The second-order valence-corrected chi connectivity index (χ2v) is 5.39. The van der Waals surface area contributed by atoms with Gasteiger partial charge in [-0.15, -0.1) is 4.68 Å². The van der Waals surface area contributed by atoms with E-state index >= 15 is 0 Å². The molecule has 1 aromatic carbocycles. The molecule has 2 heterocycles. The largest absolute Gasteiger partial charge is 0.439 e. The third-order valence-corrected chi connectivity index (χ3v) is 3.93. The Labute approximate surface area is 145 Å². The number of fused-ring (bicyclic) bond motifs is 1. The number of hydrogen-bond acceptors (Lipinski definition) is 7. The van der Waals surface area contributed by atoms with Crippen LogP contribution in [-0.2, 0) is 6.54 Å². The van der Waals surface area contributed by atoms with Gasteiger partial charge >= 0.3 is 11.4 Å². The Morgan fingerprint density at radius 3 is 2.80 bits per heavy atom. The lowest BCUT2D eigenvalue weighted by molar-refractivity contribution is -0.391. The molecule has 0 aliphatic rings. The van der Waals surface area contributed by atoms with Crippen LogP contribution in [0.4, 0.5) is 5.82 Å². The molecule has 0 spiro atoms. The van der Waals surface area contributed by atoms with E-state index in [-0.39, 0.29) is 18.0 Å². The predicted octanol–water partition coefficient (Wildman–Crippen LogP) is 2.62. The number of aromatic nitrogens is 3. The summed E-state index contributed by atoms with van der Waals surface area (Å²) in [6.45, 7) is 1.69. The summed E-state index contributed by atoms with van der Waals surface area (Å²) >= 11 is 6.05. The maximum absolute atomic E-state index is 12.2. The summed E-state index contributed by atoms with van der Waals surface area (Å²) in [5.41, 5.74) is -0.158. The van der Waals surface area contributed by atoms with E-state index in [1.807, 2.05) is 6.07 Å². The Hall–Kier alpha value is -3.25. The zero-order valence-corrected chi connectivity index (χ0v) is 13.6. The molecule has 3 aromatic rings. The van der Waals surface area contributed by atoms with E-state index in [2.05, 4.69) is 10.1 Å². The lowest BCUT2D eigenvalue weighted by atomic mass is 10.0. The second kappa shape index (κ2) is 6.33. The van der Waals surface area contributed by atoms with Crippen LogP contribution >= 0.6 is 11.6 Å². The van der Waals surface area contributed by atoms with Gasteiger partial charge in [0.15, 0.2) is 11.5 Å². The molecule has 2 aromatic heterocycles. The monoisotopic (exact) mass is 359 g/mol. The number of rotatable bonds is 4. The Kier molecular flexibility index (Phi) is 4.21. The highest BCUT2D eigenvalue weighted by Gasteiger charge is 2.34. The van der Waals surface area contributed by atoms with Crippen molar-refractivity contribution in [2.45, 2.75) is 19.4 Å². The number of oxazole rings is 1. The molecule has 0 aliphatic heterocycles. The summed E-state index contributed by atoms with van der Waals surface area (Å²) in [5.74, 6) is -2.11. The van der Waals surface area contributed by atoms with Crippen LogP contribution in [-0.4, -0.2) is 19.7 Å². The number of benzene rings is 1. The van der Waals surface area contributed by atoms with Crippen molar-refractivity contribution < 1.29 is 9.34 Å². The minimum atomic E-state index is -1.34. The van der Waals surface area contributed by atoms with Crippen LogP contribution < -0.4 is 5.56 Å². The highest BCUT2D eigenvalue weighted by molar-refractivity contribution is 6.31. The van der Waals surface area contributed by atoms with Crippen molar-refractivity contribution in [2.24, 2.45) is 0 Å². The topological polar surface area (TPSA) is 128 Å². The number of para-hydroxylation sites is 2. The van der Waals surface area contributed by atoms with Gasteiger partial charge in [-0.1, -0.05) is 23.7 Å². The van der Waals surface area contributed by atoms with Gasteiger partial charge in [0.2, 0.25) is 5.89 Å². The molecular formula is C15H10ClN5O4. The van der Waals surface area contributed by atoms with Gasteiger partial charge in [-0.25, -0.2) is 4.98 Å². The van der Waals surface area contributed by atoms with Crippen molar-refractivity contribution in [1.29, 1.82) is 5.26 Å². The summed E-state index contributed by atoms with van der Waals surface area (Å²) in [6.07, 6.45) is 0. The van der Waals surface area contributed by atoms with Crippen LogP contribution in [0.5, 0.6) is 0 Å². The molecule has 0 N–H and O–H groups in total. The van der Waals surface area contributed by atoms with Crippen LogP contribution in [0.3, 0.4) is 0 Å². The predicted molar refractivity (Wildman–Crippen MR) is 87.3 cm³/mol. The first-order valence-corrected chi connectivity index (χ1v) is 7.55. The molecule has 0 radical (unpaired) electrons. The molecule has 0 amide bonds. The standard InChI is InChI=1S/C15H10ClN5O4/c1-2-20-15(22)12(16)11(13(19-20)21(23)24)8(7-17)14-18-9-5-3-4-6-10(9)25-14/h3-6,8H,2H2,1H3. The average molecular weight is 360 g/mol. The molecule has 0 saturated carbocycles. The molecule has 0 fully saturated rings. The molecule has 1 unspecified atom stereocenters. The zero-order chi connectivity index (χ0) is 18.1. The first kappa shape index (κ1) is 16.6. The van der Waals surface area contributed by atoms with Crippen LogP contribution in [0.2, 0.25) is 5.02 Å². The highest BCUT2D eigenvalue weighted by atomic mass is 35.5. The fourth-order valence-electron chi connectivity index (χ4n) is 2.40. The second-order valence-electron chi connectivity index (χ2n) is 5.01. The Morgan fingerprint density at radius 1 is 1.48 bits per heavy atom. The van der Waals surface area contributed by atoms with Gasteiger partial charge < -0.3 is 14.5 Å². The summed E-state index contributed by atoms with van der Waals surface area (Å²) in [4.78, 5) is 27.0. The van der Waals surface area contributed by atoms with Gasteiger partial charge in [0.1, 0.15) is 16.1 Å². The lowest BCUT2D eigenvalue weighted by Gasteiger charge is -2.08. The van der Waals surface area contributed by atoms with E-state index in [0.29, 0.717) is 11.1 Å². The molecule has 9 nitrogen and oxygen atoms in total. The smallest absolute Gasteiger partial charge is 0.395 e. The number of nitrogens with zero attached hydrogens (tertiary/aromatic N) is 5. The van der Waals surface area contributed by atoms with E-state index in [0.717, 1.165) is 4.68 Å². The molecule has 0 saturated heterocycles. The van der Waals surface area contributed by atoms with E-state index in [4.69, 9.17) is 16.0 Å². The van der Waals surface area contributed by atoms with Gasteiger partial charge in [0.05, 0.1) is 17.7 Å². The third-order valence-electron chi connectivity index (χ3n) is 3.56. The molecule has 0 aliphatic carbocycles. The first-order valence-electron chi connectivity index (χ1n) is 7.17. The molecule has 25 heavy (non-hydrogen) atoms. The van der Waals surface area contributed by atoms with Crippen LogP contribution in [0, 0.1) is 21.4 Å². The Morgan fingerprint density at radius 2 is 2.20 bits per heavy atom.